The Balaban J connectivity index is 2.61. The highest BCUT2D eigenvalue weighted by molar-refractivity contribution is 6.51. The van der Waals surface area contributed by atoms with E-state index in [0.29, 0.717) is 0 Å². The van der Waals surface area contributed by atoms with Crippen molar-refractivity contribution in [3.8, 4) is 0 Å². The predicted molar refractivity (Wildman–Crippen MR) is 25.8 cm³/mol. The standard InChI is InChI=1S/C4H5Si/c1-2-4-5-3-1/h1-3H,4H2. The maximum atomic E-state index is 2.21. The van der Waals surface area contributed by atoms with Gasteiger partial charge in [-0.3, -0.25) is 0 Å². The fourth-order valence-corrected chi connectivity index (χ4v) is 1.02. The smallest absolute Gasteiger partial charge is 0.0234 e. The molecule has 0 atom stereocenters. The molecular formula is C4H5Si. The van der Waals surface area contributed by atoms with Crippen molar-refractivity contribution in [1.82, 2.24) is 0 Å². The topological polar surface area (TPSA) is 0 Å². The molecule has 0 saturated heterocycles. The van der Waals surface area contributed by atoms with Crippen LogP contribution in [0.25, 0.3) is 0 Å². The van der Waals surface area contributed by atoms with E-state index in [2.05, 4.69) is 17.8 Å². The third kappa shape index (κ3) is 0.548. The van der Waals surface area contributed by atoms with E-state index in [1.54, 1.807) is 0 Å². The van der Waals surface area contributed by atoms with Crippen molar-refractivity contribution in [2.75, 3.05) is 0 Å². The summed E-state index contributed by atoms with van der Waals surface area (Å²) in [6.45, 7) is 0. The normalized spacial score (nSPS) is 17.6. The van der Waals surface area contributed by atoms with Gasteiger partial charge in [0, 0.05) is 9.13 Å². The highest BCUT2D eigenvalue weighted by Crippen LogP contribution is 1.80. The lowest BCUT2D eigenvalue weighted by molar-refractivity contribution is 1.76. The second-order valence-electron chi connectivity index (χ2n) is 1.00. The van der Waals surface area contributed by atoms with Gasteiger partial charge in [0.25, 0.3) is 0 Å². The van der Waals surface area contributed by atoms with Gasteiger partial charge in [-0.1, -0.05) is 17.8 Å². The highest BCUT2D eigenvalue weighted by atomic mass is 28.2. The van der Waals surface area contributed by atoms with Crippen LogP contribution in [-0.2, 0) is 0 Å². The fraction of sp³-hybridized carbons (Fsp3) is 0.250. The molecule has 0 bridgehead atoms. The van der Waals surface area contributed by atoms with Crippen molar-refractivity contribution in [3.05, 3.63) is 12.2 Å². The molecule has 25 valence electrons. The zero-order valence-corrected chi connectivity index (χ0v) is 3.94. The summed E-state index contributed by atoms with van der Waals surface area (Å²) in [7, 11) is 1.07. The predicted octanol–water partition coefficient (Wildman–Crippen LogP) is 0.481. The molecule has 0 unspecified atom stereocenters. The number of allylic oxidation sites excluding steroid dienone is 2. The first kappa shape index (κ1) is 3.03. The minimum absolute atomic E-state index is 1.07. The number of rotatable bonds is 0. The summed E-state index contributed by atoms with van der Waals surface area (Å²) in [4.78, 5) is 0. The van der Waals surface area contributed by atoms with Crippen molar-refractivity contribution < 1.29 is 0 Å². The van der Waals surface area contributed by atoms with E-state index in [9.17, 15) is 0 Å². The summed E-state index contributed by atoms with van der Waals surface area (Å²) in [5.74, 6) is 0. The van der Waals surface area contributed by atoms with E-state index >= 15 is 0 Å². The first-order valence-electron chi connectivity index (χ1n) is 1.72. The van der Waals surface area contributed by atoms with Gasteiger partial charge in [0.05, 0.1) is 0 Å². The molecule has 1 heterocycles. The molecule has 1 rings (SSSR count). The summed E-state index contributed by atoms with van der Waals surface area (Å²) < 4.78 is 0. The maximum Gasteiger partial charge on any atom is 0.0234 e. The monoisotopic (exact) mass is 81.0 g/mol. The minimum atomic E-state index is 1.07. The Morgan fingerprint density at radius 1 is 1.60 bits per heavy atom. The van der Waals surface area contributed by atoms with Crippen LogP contribution in [-0.4, -0.2) is 14.8 Å². The second kappa shape index (κ2) is 1.31. The van der Waals surface area contributed by atoms with E-state index in [-0.39, 0.29) is 0 Å². The second-order valence-corrected chi connectivity index (χ2v) is 2.15. The Bertz CT molecular complexity index is 61.7. The molecule has 0 spiro atoms. The SMILES string of the molecule is C1=CC[Si]=C1. The van der Waals surface area contributed by atoms with Crippen molar-refractivity contribution in [2.45, 2.75) is 6.04 Å². The van der Waals surface area contributed by atoms with Crippen LogP contribution in [0.1, 0.15) is 0 Å². The van der Waals surface area contributed by atoms with Crippen LogP contribution in [0.15, 0.2) is 12.2 Å². The largest absolute Gasteiger partial charge is 0.0844 e. The zero-order valence-electron chi connectivity index (χ0n) is 2.94. The molecule has 0 fully saturated rings. The summed E-state index contributed by atoms with van der Waals surface area (Å²) in [5, 5.41) is 0. The van der Waals surface area contributed by atoms with Gasteiger partial charge in [-0.15, -0.1) is 0 Å². The molecule has 1 aliphatic heterocycles. The highest BCUT2D eigenvalue weighted by Gasteiger charge is 1.73. The molecule has 0 amide bonds. The third-order valence-electron chi connectivity index (χ3n) is 0.586. The van der Waals surface area contributed by atoms with Crippen molar-refractivity contribution >= 4 is 14.8 Å². The molecular weight excluding hydrogens is 76.1 g/mol. The molecule has 0 aromatic carbocycles. The fourth-order valence-electron chi connectivity index (χ4n) is 0.340. The van der Waals surface area contributed by atoms with Gasteiger partial charge in [-0.2, -0.15) is 0 Å². The van der Waals surface area contributed by atoms with Crippen LogP contribution < -0.4 is 0 Å². The van der Waals surface area contributed by atoms with E-state index < -0.39 is 0 Å². The van der Waals surface area contributed by atoms with Gasteiger partial charge in [0.15, 0.2) is 0 Å². The molecule has 0 aromatic rings. The molecule has 1 heteroatoms. The van der Waals surface area contributed by atoms with E-state index in [0.717, 1.165) is 9.13 Å². The first-order valence-corrected chi connectivity index (χ1v) is 3.00. The molecule has 5 heavy (non-hydrogen) atoms. The maximum absolute atomic E-state index is 2.21. The van der Waals surface area contributed by atoms with Gasteiger partial charge in [-0.05, 0) is 6.04 Å². The van der Waals surface area contributed by atoms with Crippen molar-refractivity contribution in [3.63, 3.8) is 0 Å². The van der Waals surface area contributed by atoms with Crippen LogP contribution in [0.3, 0.4) is 0 Å². The number of hydrogen-bond acceptors (Lipinski definition) is 0. The van der Waals surface area contributed by atoms with Crippen molar-refractivity contribution in [2.24, 2.45) is 0 Å². The molecule has 0 aliphatic carbocycles. The Morgan fingerprint density at radius 3 is 2.80 bits per heavy atom. The molecule has 0 nitrogen and oxygen atoms in total. The lowest BCUT2D eigenvalue weighted by atomic mass is 10.6. The molecule has 1 radical (unpaired) electrons. The molecule has 0 saturated carbocycles. The Kier molecular flexibility index (Phi) is 0.796. The lowest BCUT2D eigenvalue weighted by Gasteiger charge is -1.55. The summed E-state index contributed by atoms with van der Waals surface area (Å²) in [6, 6.07) is 1.29. The quantitative estimate of drug-likeness (QED) is 0.372. The third-order valence-corrected chi connectivity index (χ3v) is 1.49. The Hall–Kier alpha value is -0.173. The van der Waals surface area contributed by atoms with Gasteiger partial charge >= 0.3 is 0 Å². The van der Waals surface area contributed by atoms with E-state index in [4.69, 9.17) is 0 Å². The average molecular weight is 81.2 g/mol. The van der Waals surface area contributed by atoms with E-state index in [1.165, 1.54) is 6.04 Å². The van der Waals surface area contributed by atoms with Gasteiger partial charge in [0.1, 0.15) is 0 Å². The van der Waals surface area contributed by atoms with Crippen LogP contribution in [0.2, 0.25) is 6.04 Å². The number of hydrogen-bond donors (Lipinski definition) is 0. The first-order chi connectivity index (χ1) is 2.50. The Labute approximate surface area is 34.0 Å². The molecule has 0 aromatic heterocycles. The van der Waals surface area contributed by atoms with Crippen LogP contribution in [0.5, 0.6) is 0 Å². The van der Waals surface area contributed by atoms with E-state index in [1.807, 2.05) is 0 Å². The van der Waals surface area contributed by atoms with Crippen LogP contribution >= 0.6 is 0 Å². The average Bonchev–Trinajstić information content (AvgIpc) is 1.76. The van der Waals surface area contributed by atoms with Crippen LogP contribution in [0.4, 0.5) is 0 Å². The summed E-state index contributed by atoms with van der Waals surface area (Å²) in [6.07, 6.45) is 4.32. The van der Waals surface area contributed by atoms with Crippen LogP contribution in [0, 0.1) is 0 Å². The van der Waals surface area contributed by atoms with Gasteiger partial charge < -0.3 is 0 Å². The molecule has 1 aliphatic rings. The lowest BCUT2D eigenvalue weighted by Crippen LogP contribution is -1.62. The zero-order chi connectivity index (χ0) is 3.54. The molecule has 0 N–H and O–H groups in total. The Morgan fingerprint density at radius 2 is 2.60 bits per heavy atom. The summed E-state index contributed by atoms with van der Waals surface area (Å²) >= 11 is 0. The van der Waals surface area contributed by atoms with Gasteiger partial charge in [0.2, 0.25) is 0 Å². The van der Waals surface area contributed by atoms with Crippen molar-refractivity contribution in [1.29, 1.82) is 0 Å². The minimum Gasteiger partial charge on any atom is -0.0844 e. The summed E-state index contributed by atoms with van der Waals surface area (Å²) in [5.41, 5.74) is 2.21. The van der Waals surface area contributed by atoms with Gasteiger partial charge in [-0.25, -0.2) is 0 Å².